The number of hydrogen-bond acceptors (Lipinski definition) is 1. The molecular formula is C13H19NO2. The molecule has 88 valence electrons. The van der Waals surface area contributed by atoms with Gasteiger partial charge in [-0.2, -0.15) is 0 Å². The van der Waals surface area contributed by atoms with Crippen LogP contribution < -0.4 is 0 Å². The van der Waals surface area contributed by atoms with Crippen LogP contribution in [0.1, 0.15) is 54.0 Å². The van der Waals surface area contributed by atoms with Crippen molar-refractivity contribution in [2.24, 2.45) is 5.92 Å². The predicted octanol–water partition coefficient (Wildman–Crippen LogP) is 3.16. The molecule has 1 saturated carbocycles. The van der Waals surface area contributed by atoms with Gasteiger partial charge in [-0.1, -0.05) is 13.3 Å². The van der Waals surface area contributed by atoms with Gasteiger partial charge in [0, 0.05) is 17.4 Å². The summed E-state index contributed by atoms with van der Waals surface area (Å²) in [5.41, 5.74) is 2.45. The number of aromatic carboxylic acids is 1. The SMILES string of the molecule is CCCC1CC1n1c(C)cc(C(=O)O)c1C. The fourth-order valence-corrected chi connectivity index (χ4v) is 2.73. The van der Waals surface area contributed by atoms with Crippen LogP contribution in [0.15, 0.2) is 6.07 Å². The van der Waals surface area contributed by atoms with Gasteiger partial charge in [-0.15, -0.1) is 0 Å². The Morgan fingerprint density at radius 2 is 2.25 bits per heavy atom. The van der Waals surface area contributed by atoms with E-state index in [4.69, 9.17) is 5.11 Å². The summed E-state index contributed by atoms with van der Waals surface area (Å²) in [6.45, 7) is 6.12. The Balaban J connectivity index is 2.26. The lowest BCUT2D eigenvalue weighted by molar-refractivity contribution is 0.0696. The largest absolute Gasteiger partial charge is 0.478 e. The Kier molecular flexibility index (Phi) is 2.78. The highest BCUT2D eigenvalue weighted by Gasteiger charge is 2.39. The summed E-state index contributed by atoms with van der Waals surface area (Å²) in [7, 11) is 0. The molecule has 3 heteroatoms. The first kappa shape index (κ1) is 11.2. The van der Waals surface area contributed by atoms with Crippen molar-refractivity contribution in [3.05, 3.63) is 23.0 Å². The highest BCUT2D eigenvalue weighted by atomic mass is 16.4. The summed E-state index contributed by atoms with van der Waals surface area (Å²) in [6.07, 6.45) is 3.68. The average Bonchev–Trinajstić information content (AvgIpc) is 2.87. The molecule has 1 N–H and O–H groups in total. The van der Waals surface area contributed by atoms with E-state index in [1.807, 2.05) is 13.8 Å². The zero-order valence-corrected chi connectivity index (χ0v) is 10.2. The standard InChI is InChI=1S/C13H19NO2/c1-4-5-10-7-12(10)14-8(2)6-11(9(14)3)13(15)16/h6,10,12H,4-5,7H2,1-3H3,(H,15,16). The van der Waals surface area contributed by atoms with E-state index in [-0.39, 0.29) is 0 Å². The van der Waals surface area contributed by atoms with Gasteiger partial charge in [0.05, 0.1) is 5.56 Å². The van der Waals surface area contributed by atoms with Crippen molar-refractivity contribution in [1.29, 1.82) is 0 Å². The molecule has 0 aliphatic heterocycles. The van der Waals surface area contributed by atoms with Gasteiger partial charge in [-0.3, -0.25) is 0 Å². The predicted molar refractivity (Wildman–Crippen MR) is 62.9 cm³/mol. The van der Waals surface area contributed by atoms with Crippen LogP contribution in [0.5, 0.6) is 0 Å². The molecule has 3 nitrogen and oxygen atoms in total. The lowest BCUT2D eigenvalue weighted by atomic mass is 10.2. The number of nitrogens with zero attached hydrogens (tertiary/aromatic N) is 1. The van der Waals surface area contributed by atoms with Crippen molar-refractivity contribution < 1.29 is 9.90 Å². The van der Waals surface area contributed by atoms with Gasteiger partial charge in [0.1, 0.15) is 0 Å². The Morgan fingerprint density at radius 1 is 1.56 bits per heavy atom. The highest BCUT2D eigenvalue weighted by molar-refractivity contribution is 5.89. The fourth-order valence-electron chi connectivity index (χ4n) is 2.73. The Bertz CT molecular complexity index is 420. The summed E-state index contributed by atoms with van der Waals surface area (Å²) in [5.74, 6) is -0.0523. The average molecular weight is 221 g/mol. The molecule has 16 heavy (non-hydrogen) atoms. The molecule has 2 atom stereocenters. The zero-order chi connectivity index (χ0) is 11.9. The minimum Gasteiger partial charge on any atom is -0.478 e. The van der Waals surface area contributed by atoms with E-state index in [0.29, 0.717) is 11.6 Å². The number of aromatic nitrogens is 1. The van der Waals surface area contributed by atoms with E-state index < -0.39 is 5.97 Å². The van der Waals surface area contributed by atoms with Gasteiger partial charge in [0.15, 0.2) is 0 Å². The topological polar surface area (TPSA) is 42.2 Å². The number of carbonyl (C=O) groups is 1. The third-order valence-electron chi connectivity index (χ3n) is 3.59. The molecule has 1 aromatic heterocycles. The molecule has 1 aliphatic carbocycles. The summed E-state index contributed by atoms with van der Waals surface area (Å²) in [4.78, 5) is 11.0. The molecule has 1 heterocycles. The van der Waals surface area contributed by atoms with Gasteiger partial charge in [-0.25, -0.2) is 4.79 Å². The summed E-state index contributed by atoms with van der Waals surface area (Å²) in [5, 5.41) is 9.06. The summed E-state index contributed by atoms with van der Waals surface area (Å²) < 4.78 is 2.21. The van der Waals surface area contributed by atoms with Gasteiger partial charge in [0.2, 0.25) is 0 Å². The minimum absolute atomic E-state index is 0.458. The molecule has 1 aromatic rings. The van der Waals surface area contributed by atoms with E-state index in [9.17, 15) is 4.79 Å². The second-order valence-electron chi connectivity index (χ2n) is 4.81. The van der Waals surface area contributed by atoms with E-state index in [1.54, 1.807) is 6.07 Å². The summed E-state index contributed by atoms with van der Waals surface area (Å²) >= 11 is 0. The molecule has 2 unspecified atom stereocenters. The van der Waals surface area contributed by atoms with Crippen LogP contribution in [-0.4, -0.2) is 15.6 Å². The Hall–Kier alpha value is -1.25. The smallest absolute Gasteiger partial charge is 0.337 e. The lowest BCUT2D eigenvalue weighted by Gasteiger charge is -2.08. The molecular weight excluding hydrogens is 202 g/mol. The first-order chi connectivity index (χ1) is 7.56. The molecule has 0 spiro atoms. The summed E-state index contributed by atoms with van der Waals surface area (Å²) in [6, 6.07) is 2.34. The number of rotatable bonds is 4. The zero-order valence-electron chi connectivity index (χ0n) is 10.2. The van der Waals surface area contributed by atoms with Crippen molar-refractivity contribution >= 4 is 5.97 Å². The number of carboxylic acid groups (broad SMARTS) is 1. The number of aryl methyl sites for hydroxylation is 1. The van der Waals surface area contributed by atoms with Crippen LogP contribution in [0.25, 0.3) is 0 Å². The number of hydrogen-bond donors (Lipinski definition) is 1. The maximum Gasteiger partial charge on any atom is 0.337 e. The van der Waals surface area contributed by atoms with Gasteiger partial charge >= 0.3 is 5.97 Å². The Labute approximate surface area is 96.1 Å². The fraction of sp³-hybridized carbons (Fsp3) is 0.615. The van der Waals surface area contributed by atoms with Crippen molar-refractivity contribution in [2.45, 2.75) is 46.1 Å². The van der Waals surface area contributed by atoms with E-state index in [0.717, 1.165) is 17.3 Å². The van der Waals surface area contributed by atoms with Gasteiger partial charge < -0.3 is 9.67 Å². The van der Waals surface area contributed by atoms with Gasteiger partial charge in [0.25, 0.3) is 0 Å². The second-order valence-corrected chi connectivity index (χ2v) is 4.81. The molecule has 2 rings (SSSR count). The molecule has 0 aromatic carbocycles. The maximum atomic E-state index is 11.0. The molecule has 1 fully saturated rings. The van der Waals surface area contributed by atoms with E-state index >= 15 is 0 Å². The van der Waals surface area contributed by atoms with E-state index in [2.05, 4.69) is 11.5 Å². The molecule has 0 amide bonds. The molecule has 0 saturated heterocycles. The Morgan fingerprint density at radius 3 is 2.75 bits per heavy atom. The third-order valence-corrected chi connectivity index (χ3v) is 3.59. The van der Waals surface area contributed by atoms with Gasteiger partial charge in [-0.05, 0) is 38.7 Å². The lowest BCUT2D eigenvalue weighted by Crippen LogP contribution is -2.04. The first-order valence-corrected chi connectivity index (χ1v) is 5.98. The van der Waals surface area contributed by atoms with Crippen molar-refractivity contribution in [3.63, 3.8) is 0 Å². The minimum atomic E-state index is -0.813. The van der Waals surface area contributed by atoms with Crippen molar-refractivity contribution in [1.82, 2.24) is 4.57 Å². The van der Waals surface area contributed by atoms with Crippen LogP contribution in [0.3, 0.4) is 0 Å². The second kappa shape index (κ2) is 3.96. The van der Waals surface area contributed by atoms with Crippen LogP contribution in [0, 0.1) is 19.8 Å². The van der Waals surface area contributed by atoms with Crippen LogP contribution in [-0.2, 0) is 0 Å². The normalized spacial score (nSPS) is 23.4. The monoisotopic (exact) mass is 221 g/mol. The van der Waals surface area contributed by atoms with Crippen molar-refractivity contribution in [2.75, 3.05) is 0 Å². The molecule has 0 bridgehead atoms. The maximum absolute atomic E-state index is 11.0. The van der Waals surface area contributed by atoms with E-state index in [1.165, 1.54) is 19.3 Å². The van der Waals surface area contributed by atoms with Crippen LogP contribution in [0.2, 0.25) is 0 Å². The highest BCUT2D eigenvalue weighted by Crippen LogP contribution is 2.48. The van der Waals surface area contributed by atoms with Crippen molar-refractivity contribution in [3.8, 4) is 0 Å². The quantitative estimate of drug-likeness (QED) is 0.848. The van der Waals surface area contributed by atoms with Crippen LogP contribution in [0.4, 0.5) is 0 Å². The first-order valence-electron chi connectivity index (χ1n) is 5.98. The number of carboxylic acids is 1. The third kappa shape index (κ3) is 1.75. The van der Waals surface area contributed by atoms with Crippen LogP contribution >= 0.6 is 0 Å². The molecule has 0 radical (unpaired) electrons. The molecule has 1 aliphatic rings.